The van der Waals surface area contributed by atoms with Crippen LogP contribution in [0.3, 0.4) is 0 Å². The topological polar surface area (TPSA) is 16.4 Å². The van der Waals surface area contributed by atoms with E-state index in [1.807, 2.05) is 25.2 Å². The van der Waals surface area contributed by atoms with Crippen molar-refractivity contribution in [3.8, 4) is 55.6 Å². The highest BCUT2D eigenvalue weighted by Gasteiger charge is 2.52. The Morgan fingerprint density at radius 2 is 0.891 bits per heavy atom. The first-order valence-corrected chi connectivity index (χ1v) is 22.1. The molecule has 10 aromatic rings. The minimum absolute atomic E-state index is 0.483. The number of fused-ring (bicyclic) bond motifs is 12. The molecular formula is C62H43NO. The standard InChI is InChI=1S/C62H43NO/c1-3-15-59-50(4-2)52-37-39-58-60(61(52)64-59)53-21-12-14-23-56(53)62(58)55-22-13-11-20-51(55)54-40-46(30-38-57(54)62)45-28-35-49(36-29-45)63(47-31-24-43(25-32-47)41-16-7-5-8-17-41)48-33-26-44(27-34-48)42-18-9-6-10-19-42/h3-40H,2H2,1H3/b15-3-. The summed E-state index contributed by atoms with van der Waals surface area (Å²) >= 11 is 0. The smallest absolute Gasteiger partial charge is 0.143 e. The number of rotatable bonds is 8. The Morgan fingerprint density at radius 3 is 1.45 bits per heavy atom. The molecule has 0 saturated carbocycles. The van der Waals surface area contributed by atoms with E-state index in [1.54, 1.807) is 0 Å². The number of hydrogen-bond acceptors (Lipinski definition) is 2. The zero-order valence-electron chi connectivity index (χ0n) is 35.5. The van der Waals surface area contributed by atoms with Gasteiger partial charge in [0.05, 0.1) is 5.41 Å². The Hall–Kier alpha value is -8.20. The minimum atomic E-state index is -0.483. The SMILES string of the molecule is C=Cc1c(/C=C\C)oc2c3c(ccc12)C1(c2ccccc2-c2cc(-c4ccc(N(c5ccc(-c6ccccc6)cc5)c5ccc(-c6ccccc6)cc5)cc4)ccc21)c1ccccc1-3. The van der Waals surface area contributed by atoms with Crippen molar-refractivity contribution in [2.24, 2.45) is 0 Å². The van der Waals surface area contributed by atoms with Crippen LogP contribution < -0.4 is 4.90 Å². The van der Waals surface area contributed by atoms with Gasteiger partial charge in [-0.3, -0.25) is 0 Å². The van der Waals surface area contributed by atoms with Crippen LogP contribution in [-0.4, -0.2) is 0 Å². The highest BCUT2D eigenvalue weighted by Crippen LogP contribution is 2.64. The van der Waals surface area contributed by atoms with E-state index in [9.17, 15) is 0 Å². The maximum atomic E-state index is 6.75. The van der Waals surface area contributed by atoms with Gasteiger partial charge in [-0.25, -0.2) is 0 Å². The van der Waals surface area contributed by atoms with E-state index in [-0.39, 0.29) is 0 Å². The molecule has 302 valence electrons. The van der Waals surface area contributed by atoms with Crippen LogP contribution in [0.2, 0.25) is 0 Å². The molecule has 0 aliphatic heterocycles. The van der Waals surface area contributed by atoms with Gasteiger partial charge >= 0.3 is 0 Å². The molecular weight excluding hydrogens is 775 g/mol. The average Bonchev–Trinajstić information content (AvgIpc) is 3.98. The molecule has 1 spiro atoms. The molecule has 64 heavy (non-hydrogen) atoms. The van der Waals surface area contributed by atoms with E-state index >= 15 is 0 Å². The largest absolute Gasteiger partial charge is 0.455 e. The minimum Gasteiger partial charge on any atom is -0.455 e. The van der Waals surface area contributed by atoms with Crippen molar-refractivity contribution in [3.05, 3.63) is 259 Å². The summed E-state index contributed by atoms with van der Waals surface area (Å²) in [7, 11) is 0. The summed E-state index contributed by atoms with van der Waals surface area (Å²) < 4.78 is 6.75. The first-order valence-electron chi connectivity index (χ1n) is 22.1. The molecule has 0 N–H and O–H groups in total. The summed E-state index contributed by atoms with van der Waals surface area (Å²) in [6.07, 6.45) is 5.99. The molecule has 2 aliphatic rings. The van der Waals surface area contributed by atoms with Crippen molar-refractivity contribution < 1.29 is 4.42 Å². The highest BCUT2D eigenvalue weighted by atomic mass is 16.3. The lowest BCUT2D eigenvalue weighted by Gasteiger charge is -2.30. The molecule has 2 heteroatoms. The normalized spacial score (nSPS) is 14.4. The lowest BCUT2D eigenvalue weighted by molar-refractivity contribution is 0.604. The Bertz CT molecular complexity index is 3350. The van der Waals surface area contributed by atoms with Gasteiger partial charge in [0.2, 0.25) is 0 Å². The molecule has 9 aromatic carbocycles. The van der Waals surface area contributed by atoms with Crippen LogP contribution in [-0.2, 0) is 5.41 Å². The van der Waals surface area contributed by atoms with Crippen LogP contribution in [0, 0.1) is 0 Å². The van der Waals surface area contributed by atoms with Gasteiger partial charge in [-0.05, 0) is 128 Å². The zero-order valence-corrected chi connectivity index (χ0v) is 35.5. The van der Waals surface area contributed by atoms with Gasteiger partial charge in [0.25, 0.3) is 0 Å². The third-order valence-corrected chi connectivity index (χ3v) is 13.4. The number of nitrogens with zero attached hydrogens (tertiary/aromatic N) is 1. The predicted octanol–water partition coefficient (Wildman–Crippen LogP) is 16.9. The van der Waals surface area contributed by atoms with Crippen LogP contribution >= 0.6 is 0 Å². The number of allylic oxidation sites excluding steroid dienone is 1. The number of hydrogen-bond donors (Lipinski definition) is 0. The van der Waals surface area contributed by atoms with E-state index in [2.05, 4.69) is 224 Å². The van der Waals surface area contributed by atoms with Gasteiger partial charge < -0.3 is 9.32 Å². The lowest BCUT2D eigenvalue weighted by Crippen LogP contribution is -2.25. The van der Waals surface area contributed by atoms with E-state index in [0.29, 0.717) is 0 Å². The summed E-state index contributed by atoms with van der Waals surface area (Å²) in [6.45, 7) is 6.19. The second-order valence-electron chi connectivity index (χ2n) is 16.8. The van der Waals surface area contributed by atoms with Crippen LogP contribution in [0.1, 0.15) is 40.5 Å². The third kappa shape index (κ3) is 5.66. The zero-order chi connectivity index (χ0) is 42.8. The monoisotopic (exact) mass is 817 g/mol. The number of benzene rings is 9. The Kier molecular flexibility index (Phi) is 8.81. The maximum Gasteiger partial charge on any atom is 0.143 e. The van der Waals surface area contributed by atoms with Gasteiger partial charge in [-0.15, -0.1) is 0 Å². The van der Waals surface area contributed by atoms with Crippen molar-refractivity contribution in [2.75, 3.05) is 4.90 Å². The number of anilines is 3. The van der Waals surface area contributed by atoms with Crippen LogP contribution in [0.25, 0.3) is 78.8 Å². The van der Waals surface area contributed by atoms with Gasteiger partial charge in [0, 0.05) is 33.6 Å². The molecule has 1 heterocycles. The molecule has 1 unspecified atom stereocenters. The van der Waals surface area contributed by atoms with Crippen molar-refractivity contribution in [1.82, 2.24) is 0 Å². The number of furan rings is 1. The van der Waals surface area contributed by atoms with Crippen LogP contribution in [0.15, 0.2) is 229 Å². The molecule has 0 amide bonds. The molecule has 1 aromatic heterocycles. The van der Waals surface area contributed by atoms with Gasteiger partial charge in [-0.1, -0.05) is 189 Å². The van der Waals surface area contributed by atoms with E-state index in [0.717, 1.165) is 39.4 Å². The van der Waals surface area contributed by atoms with E-state index < -0.39 is 5.41 Å². The van der Waals surface area contributed by atoms with E-state index in [1.165, 1.54) is 77.9 Å². The van der Waals surface area contributed by atoms with Crippen molar-refractivity contribution >= 4 is 40.2 Å². The first kappa shape index (κ1) is 37.6. The van der Waals surface area contributed by atoms with Crippen molar-refractivity contribution in [2.45, 2.75) is 12.3 Å². The second-order valence-corrected chi connectivity index (χ2v) is 16.8. The fraction of sp³-hybridized carbons (Fsp3) is 0.0323. The van der Waals surface area contributed by atoms with Crippen molar-refractivity contribution in [1.29, 1.82) is 0 Å². The van der Waals surface area contributed by atoms with Crippen LogP contribution in [0.5, 0.6) is 0 Å². The summed E-state index contributed by atoms with van der Waals surface area (Å²) in [5, 5.41) is 1.09. The fourth-order valence-corrected chi connectivity index (χ4v) is 10.6. The lowest BCUT2D eigenvalue weighted by atomic mass is 9.70. The molecule has 0 saturated heterocycles. The fourth-order valence-electron chi connectivity index (χ4n) is 10.6. The average molecular weight is 818 g/mol. The Morgan fingerprint density at radius 1 is 0.438 bits per heavy atom. The summed E-state index contributed by atoms with van der Waals surface area (Å²) in [6, 6.07) is 77.6. The molecule has 0 bridgehead atoms. The third-order valence-electron chi connectivity index (χ3n) is 13.4. The van der Waals surface area contributed by atoms with Crippen molar-refractivity contribution in [3.63, 3.8) is 0 Å². The van der Waals surface area contributed by atoms with Gasteiger partial charge in [0.1, 0.15) is 11.3 Å². The predicted molar refractivity (Wildman–Crippen MR) is 268 cm³/mol. The molecule has 0 radical (unpaired) electrons. The maximum absolute atomic E-state index is 6.75. The molecule has 2 aliphatic carbocycles. The molecule has 0 fully saturated rings. The van der Waals surface area contributed by atoms with Gasteiger partial charge in [-0.2, -0.15) is 0 Å². The molecule has 2 nitrogen and oxygen atoms in total. The second kappa shape index (κ2) is 15.0. The molecule has 12 rings (SSSR count). The Labute approximate surface area is 374 Å². The first-order chi connectivity index (χ1) is 31.6. The highest BCUT2D eigenvalue weighted by molar-refractivity contribution is 6.07. The van der Waals surface area contributed by atoms with Crippen LogP contribution in [0.4, 0.5) is 17.1 Å². The quantitative estimate of drug-likeness (QED) is 0.152. The molecule has 1 atom stereocenters. The van der Waals surface area contributed by atoms with Gasteiger partial charge in [0.15, 0.2) is 0 Å². The van der Waals surface area contributed by atoms with E-state index in [4.69, 9.17) is 4.42 Å². The Balaban J connectivity index is 0.961. The summed E-state index contributed by atoms with van der Waals surface area (Å²) in [4.78, 5) is 2.35. The summed E-state index contributed by atoms with van der Waals surface area (Å²) in [5.41, 5.74) is 22.0. The summed E-state index contributed by atoms with van der Waals surface area (Å²) in [5.74, 6) is 0.840.